The zero-order valence-electron chi connectivity index (χ0n) is 22.8. The van der Waals surface area contributed by atoms with Crippen LogP contribution in [0, 0.1) is 0 Å². The highest BCUT2D eigenvalue weighted by molar-refractivity contribution is 6.74. The average Bonchev–Trinajstić information content (AvgIpc) is 3.30. The third-order valence-corrected chi connectivity index (χ3v) is 11.3. The minimum absolute atomic E-state index is 0.136. The van der Waals surface area contributed by atoms with Gasteiger partial charge in [0.2, 0.25) is 8.32 Å². The Morgan fingerprint density at radius 1 is 0.892 bits per heavy atom. The molecule has 4 aromatic rings. The Morgan fingerprint density at radius 3 is 2.32 bits per heavy atom. The first-order valence-corrected chi connectivity index (χ1v) is 15.7. The molecule has 0 bridgehead atoms. The fraction of sp³-hybridized carbons (Fsp3) is 0.367. The number of ether oxygens (including phenoxy) is 2. The number of methoxy groups -OCH3 is 1. The summed E-state index contributed by atoms with van der Waals surface area (Å²) >= 11 is 0. The van der Waals surface area contributed by atoms with E-state index in [9.17, 15) is 0 Å². The van der Waals surface area contributed by atoms with Crippen LogP contribution in [0.5, 0.6) is 17.2 Å². The molecule has 1 heterocycles. The highest BCUT2D eigenvalue weighted by Gasteiger charge is 2.39. The van der Waals surface area contributed by atoms with Crippen molar-refractivity contribution < 1.29 is 18.3 Å². The van der Waals surface area contributed by atoms with Crippen molar-refractivity contribution in [1.29, 1.82) is 0 Å². The molecule has 0 radical (unpaired) electrons. The van der Waals surface area contributed by atoms with Gasteiger partial charge in [0.1, 0.15) is 22.8 Å². The molecule has 0 N–H and O–H groups in total. The van der Waals surface area contributed by atoms with Crippen LogP contribution in [0.25, 0.3) is 11.1 Å². The van der Waals surface area contributed by atoms with Gasteiger partial charge in [-0.25, -0.2) is 0 Å². The van der Waals surface area contributed by atoms with Crippen molar-refractivity contribution in [3.63, 3.8) is 0 Å². The molecule has 0 unspecified atom stereocenters. The summed E-state index contributed by atoms with van der Waals surface area (Å²) in [6.45, 7) is 13.3. The smallest absolute Gasteiger partial charge is 0.298 e. The van der Waals surface area contributed by atoms with Gasteiger partial charge in [0.15, 0.2) is 5.58 Å². The van der Waals surface area contributed by atoms with E-state index in [-0.39, 0.29) is 5.04 Å². The second-order valence-electron chi connectivity index (χ2n) is 10.8. The maximum absolute atomic E-state index is 6.56. The van der Waals surface area contributed by atoms with Crippen molar-refractivity contribution >= 4 is 25.4 Å². The number of rotatable bonds is 11. The molecule has 0 fully saturated rings. The summed E-state index contributed by atoms with van der Waals surface area (Å²) in [5.74, 6) is 2.56. The Bertz CT molecular complexity index is 1260. The number of aromatic nitrogens is 1. The Morgan fingerprint density at radius 2 is 1.62 bits per heavy atom. The molecule has 4 rings (SSSR count). The monoisotopic (exact) mass is 518 g/mol. The van der Waals surface area contributed by atoms with E-state index in [1.807, 2.05) is 48.5 Å². The van der Waals surface area contributed by atoms with Gasteiger partial charge in [-0.15, -0.1) is 0 Å². The first kappa shape index (κ1) is 26.6. The zero-order chi connectivity index (χ0) is 26.5. The van der Waals surface area contributed by atoms with Crippen LogP contribution in [0.4, 0.5) is 6.01 Å². The molecule has 0 atom stereocenters. The van der Waals surface area contributed by atoms with Crippen molar-refractivity contribution in [2.45, 2.75) is 51.9 Å². The topological polar surface area (TPSA) is 57.0 Å². The Kier molecular flexibility index (Phi) is 8.12. The van der Waals surface area contributed by atoms with Crippen molar-refractivity contribution in [3.8, 4) is 17.2 Å². The van der Waals surface area contributed by atoms with Crippen LogP contribution in [0.1, 0.15) is 32.8 Å². The molecule has 3 aromatic carbocycles. The second-order valence-corrected chi connectivity index (χ2v) is 15.5. The van der Waals surface area contributed by atoms with Gasteiger partial charge in [-0.1, -0.05) is 45.0 Å². The number of nitrogens with zero attached hydrogens (tertiary/aromatic N) is 2. The van der Waals surface area contributed by atoms with Gasteiger partial charge >= 0.3 is 0 Å². The number of benzene rings is 3. The minimum atomic E-state index is -1.93. The molecule has 0 aliphatic heterocycles. The predicted molar refractivity (Wildman–Crippen MR) is 152 cm³/mol. The molecule has 37 heavy (non-hydrogen) atoms. The number of oxazole rings is 1. The third-order valence-electron chi connectivity index (χ3n) is 6.90. The lowest BCUT2D eigenvalue weighted by Crippen LogP contribution is -2.43. The van der Waals surface area contributed by atoms with E-state index >= 15 is 0 Å². The molecule has 0 spiro atoms. The van der Waals surface area contributed by atoms with Crippen LogP contribution in [0.2, 0.25) is 18.1 Å². The summed E-state index contributed by atoms with van der Waals surface area (Å²) in [6, 6.07) is 24.5. The minimum Gasteiger partial charge on any atom is -0.543 e. The van der Waals surface area contributed by atoms with Gasteiger partial charge in [0.05, 0.1) is 13.7 Å². The molecule has 0 aliphatic carbocycles. The summed E-state index contributed by atoms with van der Waals surface area (Å²) < 4.78 is 23.9. The molecule has 0 amide bonds. The van der Waals surface area contributed by atoms with E-state index < -0.39 is 8.32 Å². The fourth-order valence-electron chi connectivity index (χ4n) is 3.73. The normalized spacial score (nSPS) is 11.9. The standard InChI is InChI=1S/C30H38N2O4Si/c1-30(2,3)37(5,6)36-26-12-9-11-23(21-26)22-32(29-31-27-13-7-8-14-28(27)35-29)19-10-20-34-25-17-15-24(33-4)16-18-25/h7-9,11-18,21H,10,19-20,22H2,1-6H3. The van der Waals surface area contributed by atoms with Crippen LogP contribution in [0.15, 0.2) is 77.2 Å². The quantitative estimate of drug-likeness (QED) is 0.150. The van der Waals surface area contributed by atoms with Crippen LogP contribution < -0.4 is 18.8 Å². The summed E-state index contributed by atoms with van der Waals surface area (Å²) in [5, 5.41) is 0.136. The van der Waals surface area contributed by atoms with Crippen molar-refractivity contribution in [3.05, 3.63) is 78.4 Å². The van der Waals surface area contributed by atoms with Crippen molar-refractivity contribution in [2.75, 3.05) is 25.2 Å². The number of anilines is 1. The van der Waals surface area contributed by atoms with Crippen LogP contribution >= 0.6 is 0 Å². The highest BCUT2D eigenvalue weighted by Crippen LogP contribution is 2.37. The molecular weight excluding hydrogens is 480 g/mol. The van der Waals surface area contributed by atoms with E-state index in [1.54, 1.807) is 7.11 Å². The maximum Gasteiger partial charge on any atom is 0.298 e. The largest absolute Gasteiger partial charge is 0.543 e. The van der Waals surface area contributed by atoms with Crippen molar-refractivity contribution in [2.24, 2.45) is 0 Å². The molecule has 7 heteroatoms. The third kappa shape index (κ3) is 6.86. The van der Waals surface area contributed by atoms with Gasteiger partial charge in [0, 0.05) is 13.1 Å². The second kappa shape index (κ2) is 11.3. The first-order chi connectivity index (χ1) is 17.6. The fourth-order valence-corrected chi connectivity index (χ4v) is 4.75. The lowest BCUT2D eigenvalue weighted by molar-refractivity contribution is 0.309. The summed E-state index contributed by atoms with van der Waals surface area (Å²) in [6.07, 6.45) is 0.810. The highest BCUT2D eigenvalue weighted by atomic mass is 28.4. The summed E-state index contributed by atoms with van der Waals surface area (Å²) in [4.78, 5) is 6.93. The Hall–Kier alpha value is -3.45. The van der Waals surface area contributed by atoms with Crippen molar-refractivity contribution in [1.82, 2.24) is 4.98 Å². The molecule has 0 saturated carbocycles. The van der Waals surface area contributed by atoms with Crippen LogP contribution in [-0.4, -0.2) is 33.6 Å². The molecular formula is C30H38N2O4Si. The van der Waals surface area contributed by atoms with E-state index in [2.05, 4.69) is 63.0 Å². The lowest BCUT2D eigenvalue weighted by atomic mass is 10.2. The van der Waals surface area contributed by atoms with Gasteiger partial charge in [-0.3, -0.25) is 0 Å². The number of fused-ring (bicyclic) bond motifs is 1. The predicted octanol–water partition coefficient (Wildman–Crippen LogP) is 7.70. The van der Waals surface area contributed by atoms with Gasteiger partial charge < -0.3 is 23.2 Å². The number of para-hydroxylation sites is 2. The molecule has 1 aromatic heterocycles. The SMILES string of the molecule is COc1ccc(OCCCN(Cc2cccc(O[Si](C)(C)C(C)(C)C)c2)c2nc3ccccc3o2)cc1. The first-order valence-electron chi connectivity index (χ1n) is 12.8. The molecule has 0 aliphatic rings. The zero-order valence-corrected chi connectivity index (χ0v) is 23.8. The van der Waals surface area contributed by atoms with E-state index in [0.29, 0.717) is 19.2 Å². The van der Waals surface area contributed by atoms with E-state index in [1.165, 1.54) is 0 Å². The maximum atomic E-state index is 6.56. The Labute approximate surface area is 221 Å². The molecule has 196 valence electrons. The van der Waals surface area contributed by atoms with E-state index in [4.69, 9.17) is 23.3 Å². The lowest BCUT2D eigenvalue weighted by Gasteiger charge is -2.36. The van der Waals surface area contributed by atoms with Crippen LogP contribution in [0.3, 0.4) is 0 Å². The molecule has 6 nitrogen and oxygen atoms in total. The summed E-state index contributed by atoms with van der Waals surface area (Å²) in [5.41, 5.74) is 2.79. The van der Waals surface area contributed by atoms with Gasteiger partial charge in [-0.2, -0.15) is 4.98 Å². The van der Waals surface area contributed by atoms with E-state index in [0.717, 1.165) is 46.9 Å². The number of hydrogen-bond donors (Lipinski definition) is 0. The van der Waals surface area contributed by atoms with Gasteiger partial charge in [0.25, 0.3) is 6.01 Å². The summed E-state index contributed by atoms with van der Waals surface area (Å²) in [7, 11) is -0.269. The van der Waals surface area contributed by atoms with Crippen LogP contribution in [-0.2, 0) is 6.54 Å². The molecule has 0 saturated heterocycles. The Balaban J connectivity index is 1.47. The average molecular weight is 519 g/mol. The number of hydrogen-bond acceptors (Lipinski definition) is 6. The van der Waals surface area contributed by atoms with Gasteiger partial charge in [-0.05, 0) is 78.6 Å².